The summed E-state index contributed by atoms with van der Waals surface area (Å²) in [5.74, 6) is 2.51. The molecule has 4 rings (SSSR count). The SMILES string of the molecule is CCCn1c(Oc2cccc(OC)c2)nc2nc(C3CCCCC3)[nH]c2c1=O. The summed E-state index contributed by atoms with van der Waals surface area (Å²) in [5.41, 5.74) is 0.752. The van der Waals surface area contributed by atoms with Gasteiger partial charge in [0.2, 0.25) is 0 Å². The maximum atomic E-state index is 13.1. The molecule has 1 N–H and O–H groups in total. The van der Waals surface area contributed by atoms with Crippen LogP contribution in [-0.4, -0.2) is 26.6 Å². The second kappa shape index (κ2) is 8.04. The number of rotatable bonds is 6. The van der Waals surface area contributed by atoms with Gasteiger partial charge < -0.3 is 14.5 Å². The van der Waals surface area contributed by atoms with Gasteiger partial charge in [-0.05, 0) is 31.4 Å². The molecular weight excluding hydrogens is 356 g/mol. The fourth-order valence-corrected chi connectivity index (χ4v) is 3.82. The van der Waals surface area contributed by atoms with Crippen molar-refractivity contribution in [2.45, 2.75) is 57.9 Å². The zero-order valence-corrected chi connectivity index (χ0v) is 16.4. The Kier molecular flexibility index (Phi) is 5.32. The average Bonchev–Trinajstić information content (AvgIpc) is 3.16. The summed E-state index contributed by atoms with van der Waals surface area (Å²) in [5, 5.41) is 0. The van der Waals surface area contributed by atoms with Gasteiger partial charge in [0.15, 0.2) is 11.2 Å². The van der Waals surface area contributed by atoms with Crippen LogP contribution in [0.5, 0.6) is 17.5 Å². The molecule has 0 saturated heterocycles. The molecule has 148 valence electrons. The molecule has 2 aromatic heterocycles. The van der Waals surface area contributed by atoms with Crippen molar-refractivity contribution in [2.75, 3.05) is 7.11 Å². The van der Waals surface area contributed by atoms with Crippen molar-refractivity contribution in [3.63, 3.8) is 0 Å². The number of aromatic nitrogens is 4. The van der Waals surface area contributed by atoms with Gasteiger partial charge in [0.05, 0.1) is 7.11 Å². The van der Waals surface area contributed by atoms with Crippen LogP contribution in [-0.2, 0) is 6.54 Å². The highest BCUT2D eigenvalue weighted by atomic mass is 16.5. The molecule has 0 amide bonds. The van der Waals surface area contributed by atoms with E-state index in [1.807, 2.05) is 25.1 Å². The van der Waals surface area contributed by atoms with Crippen molar-refractivity contribution in [3.05, 3.63) is 40.4 Å². The van der Waals surface area contributed by atoms with Crippen molar-refractivity contribution in [2.24, 2.45) is 0 Å². The first-order chi connectivity index (χ1) is 13.7. The van der Waals surface area contributed by atoms with Gasteiger partial charge in [0.1, 0.15) is 17.3 Å². The summed E-state index contributed by atoms with van der Waals surface area (Å²) in [6, 6.07) is 7.52. The summed E-state index contributed by atoms with van der Waals surface area (Å²) in [6.07, 6.45) is 6.70. The van der Waals surface area contributed by atoms with Crippen LogP contribution in [0.15, 0.2) is 29.1 Å². The number of aromatic amines is 1. The molecule has 0 bridgehead atoms. The second-order valence-electron chi connectivity index (χ2n) is 7.29. The third-order valence-electron chi connectivity index (χ3n) is 5.28. The van der Waals surface area contributed by atoms with E-state index in [0.717, 1.165) is 25.1 Å². The highest BCUT2D eigenvalue weighted by Crippen LogP contribution is 2.32. The Bertz CT molecular complexity index is 1020. The van der Waals surface area contributed by atoms with Crippen molar-refractivity contribution in [3.8, 4) is 17.5 Å². The molecule has 1 aliphatic carbocycles. The highest BCUT2D eigenvalue weighted by molar-refractivity contribution is 5.70. The van der Waals surface area contributed by atoms with Gasteiger partial charge in [-0.3, -0.25) is 9.36 Å². The fraction of sp³-hybridized carbons (Fsp3) is 0.476. The number of methoxy groups -OCH3 is 1. The molecule has 0 spiro atoms. The molecular formula is C21H26N4O3. The van der Waals surface area contributed by atoms with Gasteiger partial charge in [0.25, 0.3) is 5.56 Å². The third-order valence-corrected chi connectivity index (χ3v) is 5.28. The summed E-state index contributed by atoms with van der Waals surface area (Å²) < 4.78 is 12.8. The van der Waals surface area contributed by atoms with Gasteiger partial charge in [-0.2, -0.15) is 4.98 Å². The van der Waals surface area contributed by atoms with Crippen molar-refractivity contribution < 1.29 is 9.47 Å². The Hall–Kier alpha value is -2.83. The van der Waals surface area contributed by atoms with Crippen molar-refractivity contribution in [1.29, 1.82) is 0 Å². The molecule has 1 fully saturated rings. The lowest BCUT2D eigenvalue weighted by molar-refractivity contribution is 0.387. The average molecular weight is 382 g/mol. The smallest absolute Gasteiger partial charge is 0.306 e. The third kappa shape index (κ3) is 3.61. The maximum absolute atomic E-state index is 13.1. The molecule has 7 nitrogen and oxygen atoms in total. The van der Waals surface area contributed by atoms with Crippen LogP contribution in [0.4, 0.5) is 0 Å². The Morgan fingerprint density at radius 3 is 2.71 bits per heavy atom. The minimum absolute atomic E-state index is 0.140. The number of hydrogen-bond acceptors (Lipinski definition) is 5. The van der Waals surface area contributed by atoms with E-state index in [4.69, 9.17) is 9.47 Å². The van der Waals surface area contributed by atoms with E-state index in [1.54, 1.807) is 17.7 Å². The molecule has 1 aromatic carbocycles. The minimum atomic E-state index is -0.140. The number of benzene rings is 1. The van der Waals surface area contributed by atoms with E-state index in [1.165, 1.54) is 19.3 Å². The topological polar surface area (TPSA) is 82.0 Å². The number of H-pyrrole nitrogens is 1. The van der Waals surface area contributed by atoms with E-state index in [9.17, 15) is 4.79 Å². The van der Waals surface area contributed by atoms with Crippen LogP contribution < -0.4 is 15.0 Å². The lowest BCUT2D eigenvalue weighted by Gasteiger charge is -2.18. The van der Waals surface area contributed by atoms with Crippen molar-refractivity contribution in [1.82, 2.24) is 19.5 Å². The molecule has 28 heavy (non-hydrogen) atoms. The number of nitrogens with one attached hydrogen (secondary N) is 1. The number of imidazole rings is 1. The number of nitrogens with zero attached hydrogens (tertiary/aromatic N) is 3. The Morgan fingerprint density at radius 2 is 1.96 bits per heavy atom. The van der Waals surface area contributed by atoms with E-state index >= 15 is 0 Å². The summed E-state index contributed by atoms with van der Waals surface area (Å²) >= 11 is 0. The molecule has 0 atom stereocenters. The van der Waals surface area contributed by atoms with Gasteiger partial charge in [-0.25, -0.2) is 4.98 Å². The first-order valence-corrected chi connectivity index (χ1v) is 10.0. The van der Waals surface area contributed by atoms with Gasteiger partial charge in [-0.15, -0.1) is 0 Å². The lowest BCUT2D eigenvalue weighted by atomic mass is 9.89. The zero-order valence-electron chi connectivity index (χ0n) is 16.4. The molecule has 0 unspecified atom stereocenters. The van der Waals surface area contributed by atoms with Gasteiger partial charge in [0, 0.05) is 18.5 Å². The van der Waals surface area contributed by atoms with E-state index in [-0.39, 0.29) is 11.6 Å². The Morgan fingerprint density at radius 1 is 1.18 bits per heavy atom. The monoisotopic (exact) mass is 382 g/mol. The second-order valence-corrected chi connectivity index (χ2v) is 7.29. The lowest BCUT2D eigenvalue weighted by Crippen LogP contribution is -2.23. The molecule has 0 aliphatic heterocycles. The van der Waals surface area contributed by atoms with Gasteiger partial charge >= 0.3 is 6.01 Å². The number of hydrogen-bond donors (Lipinski definition) is 1. The molecule has 0 radical (unpaired) electrons. The zero-order chi connectivity index (χ0) is 19.5. The summed E-state index contributed by atoms with van der Waals surface area (Å²) in [7, 11) is 1.60. The first-order valence-electron chi connectivity index (χ1n) is 10.0. The standard InChI is InChI=1S/C21H26N4O3/c1-3-12-25-20(26)17-19(23-18(22-17)14-8-5-4-6-9-14)24-21(25)28-16-11-7-10-15(13-16)27-2/h7,10-11,13-14H,3-6,8-9,12H2,1-2H3,(H,22,23). The van der Waals surface area contributed by atoms with Crippen LogP contribution in [0.3, 0.4) is 0 Å². The molecule has 1 aliphatic rings. The maximum Gasteiger partial charge on any atom is 0.306 e. The molecule has 3 aromatic rings. The largest absolute Gasteiger partial charge is 0.497 e. The van der Waals surface area contributed by atoms with Crippen LogP contribution in [0, 0.1) is 0 Å². The fourth-order valence-electron chi connectivity index (χ4n) is 3.82. The predicted octanol–water partition coefficient (Wildman–Crippen LogP) is 4.38. The van der Waals surface area contributed by atoms with Crippen LogP contribution >= 0.6 is 0 Å². The van der Waals surface area contributed by atoms with Gasteiger partial charge in [-0.1, -0.05) is 32.3 Å². The predicted molar refractivity (Wildman–Crippen MR) is 107 cm³/mol. The van der Waals surface area contributed by atoms with E-state index in [2.05, 4.69) is 15.0 Å². The van der Waals surface area contributed by atoms with E-state index in [0.29, 0.717) is 35.1 Å². The quantitative estimate of drug-likeness (QED) is 0.684. The first kappa shape index (κ1) is 18.5. The molecule has 7 heteroatoms. The number of fused-ring (bicyclic) bond motifs is 1. The molecule has 1 saturated carbocycles. The highest BCUT2D eigenvalue weighted by Gasteiger charge is 2.22. The van der Waals surface area contributed by atoms with Crippen LogP contribution in [0.1, 0.15) is 57.2 Å². The normalized spacial score (nSPS) is 15.1. The minimum Gasteiger partial charge on any atom is -0.497 e. The summed E-state index contributed by atoms with van der Waals surface area (Å²) in [6.45, 7) is 2.55. The molecule has 2 heterocycles. The van der Waals surface area contributed by atoms with E-state index < -0.39 is 0 Å². The summed E-state index contributed by atoms with van der Waals surface area (Å²) in [4.78, 5) is 25.6. The number of ether oxygens (including phenoxy) is 2. The Balaban J connectivity index is 1.75. The van der Waals surface area contributed by atoms with Crippen LogP contribution in [0.25, 0.3) is 11.2 Å². The van der Waals surface area contributed by atoms with Crippen molar-refractivity contribution >= 4 is 11.2 Å². The Labute approximate surface area is 163 Å². The van der Waals surface area contributed by atoms with Crippen LogP contribution in [0.2, 0.25) is 0 Å².